The van der Waals surface area contributed by atoms with E-state index in [2.05, 4.69) is 15.6 Å². The predicted molar refractivity (Wildman–Crippen MR) is 76.2 cm³/mol. The van der Waals surface area contributed by atoms with Crippen LogP contribution in [0.3, 0.4) is 0 Å². The maximum atomic E-state index is 10.7. The summed E-state index contributed by atoms with van der Waals surface area (Å²) in [4.78, 5) is 14.6. The Labute approximate surface area is 115 Å². The zero-order chi connectivity index (χ0) is 13.7. The first kappa shape index (κ1) is 13.2. The van der Waals surface area contributed by atoms with Gasteiger partial charge in [-0.3, -0.25) is 4.98 Å². The van der Waals surface area contributed by atoms with Crippen LogP contribution in [0.1, 0.15) is 5.56 Å². The number of carbonyl (C=O) groups is 1. The number of pyridine rings is 1. The molecule has 0 unspecified atom stereocenters. The topological polar surface area (TPSA) is 80.0 Å². The Morgan fingerprint density at radius 3 is 2.63 bits per heavy atom. The maximum absolute atomic E-state index is 10.7. The third kappa shape index (κ3) is 3.86. The molecule has 2 amide bonds. The van der Waals surface area contributed by atoms with Crippen LogP contribution < -0.4 is 16.4 Å². The van der Waals surface area contributed by atoms with Crippen LogP contribution in [0.4, 0.5) is 16.2 Å². The fraction of sp³-hybridized carbons (Fsp3) is 0.0769. The SMILES string of the molecule is NC(=O)Nc1ccc(CNc2ccncc2Cl)cc1. The second-order valence-electron chi connectivity index (χ2n) is 3.90. The number of benzene rings is 1. The van der Waals surface area contributed by atoms with E-state index in [-0.39, 0.29) is 0 Å². The predicted octanol–water partition coefficient (Wildman–Crippen LogP) is 2.84. The summed E-state index contributed by atoms with van der Waals surface area (Å²) in [7, 11) is 0. The Morgan fingerprint density at radius 2 is 2.00 bits per heavy atom. The number of amides is 2. The first-order chi connectivity index (χ1) is 9.15. The third-order valence-corrected chi connectivity index (χ3v) is 2.78. The van der Waals surface area contributed by atoms with Gasteiger partial charge in [0.15, 0.2) is 0 Å². The van der Waals surface area contributed by atoms with Crippen LogP contribution >= 0.6 is 11.6 Å². The van der Waals surface area contributed by atoms with E-state index in [0.717, 1.165) is 11.3 Å². The monoisotopic (exact) mass is 276 g/mol. The molecule has 0 aliphatic heterocycles. The van der Waals surface area contributed by atoms with E-state index in [1.165, 1.54) is 0 Å². The highest BCUT2D eigenvalue weighted by molar-refractivity contribution is 6.33. The van der Waals surface area contributed by atoms with Crippen molar-refractivity contribution in [2.75, 3.05) is 10.6 Å². The molecule has 0 aliphatic carbocycles. The molecule has 0 radical (unpaired) electrons. The number of halogens is 1. The second-order valence-corrected chi connectivity index (χ2v) is 4.30. The van der Waals surface area contributed by atoms with Crippen LogP contribution in [0.2, 0.25) is 5.02 Å². The molecule has 1 aromatic carbocycles. The van der Waals surface area contributed by atoms with E-state index in [1.807, 2.05) is 18.2 Å². The molecule has 6 heteroatoms. The minimum absolute atomic E-state index is 0.575. The van der Waals surface area contributed by atoms with Gasteiger partial charge >= 0.3 is 6.03 Å². The van der Waals surface area contributed by atoms with Gasteiger partial charge in [-0.15, -0.1) is 0 Å². The fourth-order valence-corrected chi connectivity index (χ4v) is 1.75. The number of hydrogen-bond donors (Lipinski definition) is 3. The van der Waals surface area contributed by atoms with Gasteiger partial charge in [0.25, 0.3) is 0 Å². The van der Waals surface area contributed by atoms with Crippen molar-refractivity contribution in [2.45, 2.75) is 6.54 Å². The van der Waals surface area contributed by atoms with Crippen LogP contribution in [0.25, 0.3) is 0 Å². The highest BCUT2D eigenvalue weighted by atomic mass is 35.5. The van der Waals surface area contributed by atoms with Gasteiger partial charge in [-0.1, -0.05) is 23.7 Å². The van der Waals surface area contributed by atoms with Crippen molar-refractivity contribution >= 4 is 29.0 Å². The lowest BCUT2D eigenvalue weighted by Gasteiger charge is -2.08. The van der Waals surface area contributed by atoms with Gasteiger partial charge in [0.1, 0.15) is 0 Å². The van der Waals surface area contributed by atoms with E-state index in [0.29, 0.717) is 17.3 Å². The minimum atomic E-state index is -0.575. The first-order valence-electron chi connectivity index (χ1n) is 5.64. The Bertz CT molecular complexity index is 571. The summed E-state index contributed by atoms with van der Waals surface area (Å²) in [6.07, 6.45) is 3.26. The van der Waals surface area contributed by atoms with Crippen molar-refractivity contribution in [2.24, 2.45) is 5.73 Å². The van der Waals surface area contributed by atoms with E-state index in [4.69, 9.17) is 17.3 Å². The second kappa shape index (κ2) is 6.06. The number of primary amides is 1. The average Bonchev–Trinajstić information content (AvgIpc) is 2.39. The van der Waals surface area contributed by atoms with Crippen LogP contribution in [-0.2, 0) is 6.54 Å². The van der Waals surface area contributed by atoms with Crippen LogP contribution in [-0.4, -0.2) is 11.0 Å². The molecule has 0 atom stereocenters. The number of hydrogen-bond acceptors (Lipinski definition) is 3. The number of nitrogens with zero attached hydrogens (tertiary/aromatic N) is 1. The van der Waals surface area contributed by atoms with Gasteiger partial charge in [-0.25, -0.2) is 4.79 Å². The highest BCUT2D eigenvalue weighted by Gasteiger charge is 2.00. The molecular weight excluding hydrogens is 264 g/mol. The Balaban J connectivity index is 1.97. The largest absolute Gasteiger partial charge is 0.380 e. The summed E-state index contributed by atoms with van der Waals surface area (Å²) in [6, 6.07) is 8.60. The van der Waals surface area contributed by atoms with Gasteiger partial charge < -0.3 is 16.4 Å². The summed E-state index contributed by atoms with van der Waals surface area (Å²) < 4.78 is 0. The average molecular weight is 277 g/mol. The quantitative estimate of drug-likeness (QED) is 0.803. The third-order valence-electron chi connectivity index (χ3n) is 2.48. The maximum Gasteiger partial charge on any atom is 0.316 e. The molecule has 0 spiro atoms. The fourth-order valence-electron chi connectivity index (χ4n) is 1.56. The number of urea groups is 1. The molecule has 0 saturated carbocycles. The molecule has 0 saturated heterocycles. The van der Waals surface area contributed by atoms with E-state index in [1.54, 1.807) is 24.5 Å². The van der Waals surface area contributed by atoms with Crippen molar-refractivity contribution in [3.05, 3.63) is 53.3 Å². The zero-order valence-electron chi connectivity index (χ0n) is 10.1. The van der Waals surface area contributed by atoms with Gasteiger partial charge in [-0.05, 0) is 23.8 Å². The summed E-state index contributed by atoms with van der Waals surface area (Å²) in [5.41, 5.74) is 7.58. The summed E-state index contributed by atoms with van der Waals surface area (Å²) in [5.74, 6) is 0. The van der Waals surface area contributed by atoms with Crippen molar-refractivity contribution < 1.29 is 4.79 Å². The number of nitrogens with two attached hydrogens (primary N) is 1. The number of nitrogens with one attached hydrogen (secondary N) is 2. The molecular formula is C13H13ClN4O. The highest BCUT2D eigenvalue weighted by Crippen LogP contribution is 2.20. The molecule has 1 heterocycles. The minimum Gasteiger partial charge on any atom is -0.380 e. The smallest absolute Gasteiger partial charge is 0.316 e. The summed E-state index contributed by atoms with van der Waals surface area (Å²) >= 11 is 5.99. The van der Waals surface area contributed by atoms with Gasteiger partial charge in [0.05, 0.1) is 10.7 Å². The molecule has 0 bridgehead atoms. The number of rotatable bonds is 4. The van der Waals surface area contributed by atoms with Crippen molar-refractivity contribution in [3.63, 3.8) is 0 Å². The lowest BCUT2D eigenvalue weighted by Crippen LogP contribution is -2.19. The van der Waals surface area contributed by atoms with Gasteiger partial charge in [-0.2, -0.15) is 0 Å². The van der Waals surface area contributed by atoms with E-state index >= 15 is 0 Å². The van der Waals surface area contributed by atoms with Crippen molar-refractivity contribution in [3.8, 4) is 0 Å². The van der Waals surface area contributed by atoms with Crippen LogP contribution in [0.15, 0.2) is 42.7 Å². The lowest BCUT2D eigenvalue weighted by molar-refractivity contribution is 0.259. The van der Waals surface area contributed by atoms with E-state index < -0.39 is 6.03 Å². The molecule has 2 aromatic rings. The molecule has 0 aliphatic rings. The summed E-state index contributed by atoms with van der Waals surface area (Å²) in [5, 5.41) is 6.29. The Hall–Kier alpha value is -2.27. The van der Waals surface area contributed by atoms with Crippen molar-refractivity contribution in [1.29, 1.82) is 0 Å². The first-order valence-corrected chi connectivity index (χ1v) is 6.02. The van der Waals surface area contributed by atoms with Crippen molar-refractivity contribution in [1.82, 2.24) is 4.98 Å². The molecule has 1 aromatic heterocycles. The van der Waals surface area contributed by atoms with Crippen LogP contribution in [0, 0.1) is 0 Å². The molecule has 19 heavy (non-hydrogen) atoms. The van der Waals surface area contributed by atoms with Crippen LogP contribution in [0.5, 0.6) is 0 Å². The normalized spacial score (nSPS) is 9.95. The van der Waals surface area contributed by atoms with Gasteiger partial charge in [0, 0.05) is 24.6 Å². The Kier molecular flexibility index (Phi) is 4.20. The number of anilines is 2. The van der Waals surface area contributed by atoms with Gasteiger partial charge in [0.2, 0.25) is 0 Å². The lowest BCUT2D eigenvalue weighted by atomic mass is 10.2. The number of aromatic nitrogens is 1. The van der Waals surface area contributed by atoms with E-state index in [9.17, 15) is 4.79 Å². The molecule has 2 rings (SSSR count). The molecule has 4 N–H and O–H groups in total. The summed E-state index contributed by atoms with van der Waals surface area (Å²) in [6.45, 7) is 0.626. The molecule has 98 valence electrons. The Morgan fingerprint density at radius 1 is 1.26 bits per heavy atom. The number of carbonyl (C=O) groups excluding carboxylic acids is 1. The molecule has 0 fully saturated rings. The molecule has 5 nitrogen and oxygen atoms in total. The zero-order valence-corrected chi connectivity index (χ0v) is 10.8. The standard InChI is InChI=1S/C13H13ClN4O/c14-11-8-16-6-5-12(11)17-7-9-1-3-10(4-2-9)18-13(15)19/h1-6,8H,7H2,(H,16,17)(H3,15,18,19).